The average molecular weight is 268 g/mol. The predicted molar refractivity (Wildman–Crippen MR) is 71.0 cm³/mol. The van der Waals surface area contributed by atoms with Crippen molar-refractivity contribution < 1.29 is 14.3 Å². The fourth-order valence-corrected chi connectivity index (χ4v) is 3.48. The van der Waals surface area contributed by atoms with Crippen molar-refractivity contribution in [2.24, 2.45) is 0 Å². The standard InChI is InChI=1S/C14H24N2O3/c17-14(15-10-3-1-2-4-10)16-11-5-6-12-13(9-11)19-8-7-18-12/h10-13H,1-9H2,(H2,15,16,17). The van der Waals surface area contributed by atoms with Crippen LogP contribution in [0, 0.1) is 0 Å². The van der Waals surface area contributed by atoms with E-state index in [1.165, 1.54) is 12.8 Å². The van der Waals surface area contributed by atoms with Crippen LogP contribution in [-0.4, -0.2) is 43.5 Å². The van der Waals surface area contributed by atoms with Crippen LogP contribution in [0.3, 0.4) is 0 Å². The second-order valence-corrected chi connectivity index (χ2v) is 5.93. The third-order valence-corrected chi connectivity index (χ3v) is 4.50. The lowest BCUT2D eigenvalue weighted by Gasteiger charge is -2.39. The Labute approximate surface area is 114 Å². The van der Waals surface area contributed by atoms with E-state index in [1.807, 2.05) is 0 Å². The predicted octanol–water partition coefficient (Wildman–Crippen LogP) is 1.56. The van der Waals surface area contributed by atoms with Crippen molar-refractivity contribution in [1.82, 2.24) is 10.6 Å². The van der Waals surface area contributed by atoms with Gasteiger partial charge in [-0.1, -0.05) is 12.8 Å². The highest BCUT2D eigenvalue weighted by Gasteiger charge is 2.34. The van der Waals surface area contributed by atoms with E-state index in [2.05, 4.69) is 10.6 Å². The Kier molecular flexibility index (Phi) is 4.23. The fraction of sp³-hybridized carbons (Fsp3) is 0.929. The molecule has 3 fully saturated rings. The summed E-state index contributed by atoms with van der Waals surface area (Å²) < 4.78 is 11.4. The topological polar surface area (TPSA) is 59.6 Å². The van der Waals surface area contributed by atoms with E-state index in [-0.39, 0.29) is 24.3 Å². The van der Waals surface area contributed by atoms with Crippen LogP contribution in [0.5, 0.6) is 0 Å². The summed E-state index contributed by atoms with van der Waals surface area (Å²) in [7, 11) is 0. The van der Waals surface area contributed by atoms with Gasteiger partial charge in [-0.15, -0.1) is 0 Å². The van der Waals surface area contributed by atoms with Gasteiger partial charge < -0.3 is 20.1 Å². The number of fused-ring (bicyclic) bond motifs is 1. The first-order valence-corrected chi connectivity index (χ1v) is 7.61. The Hall–Kier alpha value is -0.810. The van der Waals surface area contributed by atoms with E-state index in [9.17, 15) is 4.79 Å². The van der Waals surface area contributed by atoms with Crippen LogP contribution < -0.4 is 10.6 Å². The number of ether oxygens (including phenoxy) is 2. The second-order valence-electron chi connectivity index (χ2n) is 5.93. The number of hydrogen-bond acceptors (Lipinski definition) is 3. The third kappa shape index (κ3) is 3.39. The summed E-state index contributed by atoms with van der Waals surface area (Å²) in [6.45, 7) is 1.39. The molecule has 1 saturated heterocycles. The van der Waals surface area contributed by atoms with Gasteiger partial charge in [0.15, 0.2) is 0 Å². The molecule has 2 aliphatic carbocycles. The van der Waals surface area contributed by atoms with Gasteiger partial charge in [-0.05, 0) is 32.1 Å². The van der Waals surface area contributed by atoms with Crippen molar-refractivity contribution in [3.63, 3.8) is 0 Å². The van der Waals surface area contributed by atoms with E-state index >= 15 is 0 Å². The summed E-state index contributed by atoms with van der Waals surface area (Å²) in [6.07, 6.45) is 7.99. The molecular formula is C14H24N2O3. The lowest BCUT2D eigenvalue weighted by atomic mass is 9.90. The van der Waals surface area contributed by atoms with Crippen LogP contribution in [0.15, 0.2) is 0 Å². The highest BCUT2D eigenvalue weighted by molar-refractivity contribution is 5.74. The smallest absolute Gasteiger partial charge is 0.315 e. The molecule has 3 aliphatic rings. The Morgan fingerprint density at radius 2 is 1.53 bits per heavy atom. The highest BCUT2D eigenvalue weighted by atomic mass is 16.6. The molecule has 19 heavy (non-hydrogen) atoms. The van der Waals surface area contributed by atoms with Crippen LogP contribution in [-0.2, 0) is 9.47 Å². The zero-order valence-corrected chi connectivity index (χ0v) is 11.4. The van der Waals surface area contributed by atoms with Gasteiger partial charge in [0.05, 0.1) is 25.4 Å². The first-order valence-electron chi connectivity index (χ1n) is 7.61. The van der Waals surface area contributed by atoms with Gasteiger partial charge >= 0.3 is 6.03 Å². The number of rotatable bonds is 2. The van der Waals surface area contributed by atoms with Crippen LogP contribution in [0.4, 0.5) is 4.79 Å². The van der Waals surface area contributed by atoms with Gasteiger partial charge in [0.25, 0.3) is 0 Å². The molecule has 3 unspecified atom stereocenters. The van der Waals surface area contributed by atoms with Crippen LogP contribution in [0.1, 0.15) is 44.9 Å². The zero-order chi connectivity index (χ0) is 13.1. The van der Waals surface area contributed by atoms with E-state index in [1.54, 1.807) is 0 Å². The Balaban J connectivity index is 1.43. The number of amides is 2. The molecule has 3 rings (SSSR count). The summed E-state index contributed by atoms with van der Waals surface area (Å²) in [5, 5.41) is 6.17. The minimum Gasteiger partial charge on any atom is -0.373 e. The average Bonchev–Trinajstić information content (AvgIpc) is 2.91. The molecule has 5 nitrogen and oxygen atoms in total. The summed E-state index contributed by atoms with van der Waals surface area (Å²) in [5.41, 5.74) is 0. The van der Waals surface area contributed by atoms with Crippen LogP contribution >= 0.6 is 0 Å². The highest BCUT2D eigenvalue weighted by Crippen LogP contribution is 2.26. The lowest BCUT2D eigenvalue weighted by molar-refractivity contribution is -0.157. The minimum absolute atomic E-state index is 0.00734. The molecule has 0 aromatic rings. The summed E-state index contributed by atoms with van der Waals surface area (Å²) in [5.74, 6) is 0. The van der Waals surface area contributed by atoms with Crippen molar-refractivity contribution in [2.75, 3.05) is 13.2 Å². The molecule has 3 atom stereocenters. The second kappa shape index (κ2) is 6.09. The molecular weight excluding hydrogens is 244 g/mol. The summed E-state index contributed by atoms with van der Waals surface area (Å²) in [4.78, 5) is 11.9. The van der Waals surface area contributed by atoms with Crippen LogP contribution in [0.2, 0.25) is 0 Å². The largest absolute Gasteiger partial charge is 0.373 e. The number of carbonyl (C=O) groups excluding carboxylic acids is 1. The third-order valence-electron chi connectivity index (χ3n) is 4.50. The van der Waals surface area contributed by atoms with Gasteiger partial charge in [0.2, 0.25) is 0 Å². The number of nitrogens with one attached hydrogen (secondary N) is 2. The van der Waals surface area contributed by atoms with Crippen LogP contribution in [0.25, 0.3) is 0 Å². The summed E-state index contributed by atoms with van der Waals surface area (Å²) >= 11 is 0. The Bertz CT molecular complexity index is 318. The van der Waals surface area contributed by atoms with E-state index in [0.717, 1.165) is 32.1 Å². The summed E-state index contributed by atoms with van der Waals surface area (Å²) in [6, 6.07) is 0.599. The van der Waals surface area contributed by atoms with Crippen molar-refractivity contribution in [2.45, 2.75) is 69.2 Å². The first-order chi connectivity index (χ1) is 9.31. The Morgan fingerprint density at radius 1 is 0.842 bits per heavy atom. The molecule has 0 aromatic heterocycles. The monoisotopic (exact) mass is 268 g/mol. The van der Waals surface area contributed by atoms with Crippen molar-refractivity contribution in [1.29, 1.82) is 0 Å². The molecule has 1 heterocycles. The van der Waals surface area contributed by atoms with Crippen molar-refractivity contribution >= 4 is 6.03 Å². The molecule has 2 N–H and O–H groups in total. The van der Waals surface area contributed by atoms with Gasteiger partial charge in [-0.3, -0.25) is 0 Å². The maximum absolute atomic E-state index is 11.9. The van der Waals surface area contributed by atoms with Crippen molar-refractivity contribution in [3.05, 3.63) is 0 Å². The molecule has 0 bridgehead atoms. The maximum Gasteiger partial charge on any atom is 0.315 e. The molecule has 2 amide bonds. The Morgan fingerprint density at radius 3 is 2.32 bits per heavy atom. The molecule has 5 heteroatoms. The van der Waals surface area contributed by atoms with Gasteiger partial charge in [0.1, 0.15) is 0 Å². The first kappa shape index (κ1) is 13.2. The molecule has 0 spiro atoms. The fourth-order valence-electron chi connectivity index (χ4n) is 3.48. The normalized spacial score (nSPS) is 35.7. The van der Waals surface area contributed by atoms with Gasteiger partial charge in [0, 0.05) is 12.1 Å². The number of carbonyl (C=O) groups is 1. The zero-order valence-electron chi connectivity index (χ0n) is 11.4. The molecule has 108 valence electrons. The minimum atomic E-state index is -0.00734. The van der Waals surface area contributed by atoms with E-state index < -0.39 is 0 Å². The molecule has 2 saturated carbocycles. The van der Waals surface area contributed by atoms with E-state index in [0.29, 0.717) is 19.3 Å². The van der Waals surface area contributed by atoms with E-state index in [4.69, 9.17) is 9.47 Å². The maximum atomic E-state index is 11.9. The quantitative estimate of drug-likeness (QED) is 0.799. The molecule has 1 aliphatic heterocycles. The van der Waals surface area contributed by atoms with Gasteiger partial charge in [-0.25, -0.2) is 4.79 Å². The number of urea groups is 1. The SMILES string of the molecule is O=C(NC1CCCC1)NC1CCC2OCCOC2C1. The van der Waals surface area contributed by atoms with Gasteiger partial charge in [-0.2, -0.15) is 0 Å². The molecule has 0 radical (unpaired) electrons. The number of hydrogen-bond donors (Lipinski definition) is 2. The van der Waals surface area contributed by atoms with Crippen molar-refractivity contribution in [3.8, 4) is 0 Å². The molecule has 0 aromatic carbocycles. The lowest BCUT2D eigenvalue weighted by Crippen LogP contribution is -2.52.